The summed E-state index contributed by atoms with van der Waals surface area (Å²) in [5.74, 6) is -1.32. The zero-order valence-electron chi connectivity index (χ0n) is 14.7. The summed E-state index contributed by atoms with van der Waals surface area (Å²) in [6.07, 6.45) is 0.277. The molecule has 1 unspecified atom stereocenters. The van der Waals surface area contributed by atoms with Gasteiger partial charge in [-0.1, -0.05) is 18.2 Å². The smallest absolute Gasteiger partial charge is 0.308 e. The van der Waals surface area contributed by atoms with Gasteiger partial charge in [0.1, 0.15) is 12.3 Å². The predicted molar refractivity (Wildman–Crippen MR) is 92.5 cm³/mol. The fraction of sp³-hybridized carbons (Fsp3) is 0.389. The summed E-state index contributed by atoms with van der Waals surface area (Å²) in [7, 11) is 1.55. The summed E-state index contributed by atoms with van der Waals surface area (Å²) in [6, 6.07) is 9.16. The first-order valence-corrected chi connectivity index (χ1v) is 8.03. The number of nitrogens with one attached hydrogen (secondary N) is 1. The minimum absolute atomic E-state index is 0.0471. The topological polar surface area (TPSA) is 93.5 Å². The molecule has 1 heterocycles. The van der Waals surface area contributed by atoms with Crippen LogP contribution in [-0.4, -0.2) is 40.4 Å². The fourth-order valence-electron chi connectivity index (χ4n) is 2.65. The minimum Gasteiger partial charge on any atom is -0.496 e. The van der Waals surface area contributed by atoms with Crippen LogP contribution in [0.4, 0.5) is 0 Å². The molecule has 2 aromatic rings. The molecule has 0 radical (unpaired) electrons. The normalized spacial score (nSPS) is 11.8. The third-order valence-corrected chi connectivity index (χ3v) is 3.95. The van der Waals surface area contributed by atoms with E-state index in [1.807, 2.05) is 38.1 Å². The zero-order valence-corrected chi connectivity index (χ0v) is 14.7. The van der Waals surface area contributed by atoms with Gasteiger partial charge in [-0.2, -0.15) is 5.10 Å². The second kappa shape index (κ2) is 8.32. The number of amides is 1. The van der Waals surface area contributed by atoms with Crippen LogP contribution in [0.3, 0.4) is 0 Å². The number of carbonyl (C=O) groups is 2. The van der Waals surface area contributed by atoms with Crippen molar-refractivity contribution in [3.05, 3.63) is 47.3 Å². The number of benzene rings is 1. The lowest BCUT2D eigenvalue weighted by Crippen LogP contribution is -2.36. The van der Waals surface area contributed by atoms with Crippen LogP contribution in [0.5, 0.6) is 5.75 Å². The highest BCUT2D eigenvalue weighted by Crippen LogP contribution is 2.21. The molecule has 2 N–H and O–H groups in total. The van der Waals surface area contributed by atoms with Crippen molar-refractivity contribution in [3.63, 3.8) is 0 Å². The number of nitrogens with zero attached hydrogens (tertiary/aromatic N) is 2. The van der Waals surface area contributed by atoms with Crippen LogP contribution in [-0.2, 0) is 22.6 Å². The van der Waals surface area contributed by atoms with Crippen LogP contribution in [0, 0.1) is 19.8 Å². The molecule has 0 saturated carbocycles. The average Bonchev–Trinajstić information content (AvgIpc) is 2.88. The predicted octanol–water partition coefficient (Wildman–Crippen LogP) is 1.57. The number of carbonyl (C=O) groups excluding carboxylic acids is 1. The molecule has 0 fully saturated rings. The summed E-state index contributed by atoms with van der Waals surface area (Å²) in [5.41, 5.74) is 2.52. The molecule has 1 aromatic heterocycles. The Balaban J connectivity index is 1.96. The van der Waals surface area contributed by atoms with Crippen LogP contribution < -0.4 is 10.1 Å². The number of carboxylic acids is 1. The van der Waals surface area contributed by atoms with Crippen LogP contribution in [0.25, 0.3) is 0 Å². The van der Waals surface area contributed by atoms with E-state index in [0.717, 1.165) is 17.0 Å². The van der Waals surface area contributed by atoms with E-state index in [-0.39, 0.29) is 25.4 Å². The number of carboxylic acid groups (broad SMARTS) is 1. The van der Waals surface area contributed by atoms with Gasteiger partial charge in [0, 0.05) is 12.2 Å². The van der Waals surface area contributed by atoms with Gasteiger partial charge in [0.25, 0.3) is 0 Å². The molecule has 0 saturated heterocycles. The summed E-state index contributed by atoms with van der Waals surface area (Å²) in [6.45, 7) is 3.84. The number of ether oxygens (including phenoxy) is 1. The lowest BCUT2D eigenvalue weighted by molar-refractivity contribution is -0.141. The van der Waals surface area contributed by atoms with Crippen molar-refractivity contribution in [1.82, 2.24) is 15.1 Å². The van der Waals surface area contributed by atoms with Crippen molar-refractivity contribution in [3.8, 4) is 5.75 Å². The lowest BCUT2D eigenvalue weighted by Gasteiger charge is -2.15. The van der Waals surface area contributed by atoms with Gasteiger partial charge in [0.05, 0.1) is 18.7 Å². The number of rotatable bonds is 8. The molecule has 134 valence electrons. The van der Waals surface area contributed by atoms with Crippen molar-refractivity contribution in [2.75, 3.05) is 13.7 Å². The van der Waals surface area contributed by atoms with Gasteiger partial charge in [-0.25, -0.2) is 0 Å². The van der Waals surface area contributed by atoms with E-state index in [1.165, 1.54) is 0 Å². The Labute approximate surface area is 146 Å². The zero-order chi connectivity index (χ0) is 18.4. The average molecular weight is 345 g/mol. The second-order valence-electron chi connectivity index (χ2n) is 5.94. The number of hydrogen-bond donors (Lipinski definition) is 2. The maximum atomic E-state index is 12.1. The van der Waals surface area contributed by atoms with Gasteiger partial charge >= 0.3 is 5.97 Å². The molecule has 0 aliphatic rings. The molecule has 1 atom stereocenters. The third-order valence-electron chi connectivity index (χ3n) is 3.95. The Hall–Kier alpha value is -2.83. The van der Waals surface area contributed by atoms with Crippen LogP contribution in [0.2, 0.25) is 0 Å². The van der Waals surface area contributed by atoms with Gasteiger partial charge in [0.15, 0.2) is 0 Å². The SMILES string of the molecule is COc1ccccc1CC(CNC(=O)Cn1nc(C)cc1C)C(=O)O. The van der Waals surface area contributed by atoms with Gasteiger partial charge in [0.2, 0.25) is 5.91 Å². The molecule has 25 heavy (non-hydrogen) atoms. The first-order chi connectivity index (χ1) is 11.9. The molecule has 0 aliphatic heterocycles. The molecule has 0 bridgehead atoms. The van der Waals surface area contributed by atoms with E-state index < -0.39 is 11.9 Å². The summed E-state index contributed by atoms with van der Waals surface area (Å²) in [5, 5.41) is 16.3. The van der Waals surface area contributed by atoms with Crippen molar-refractivity contribution in [2.45, 2.75) is 26.8 Å². The minimum atomic E-state index is -0.961. The standard InChI is InChI=1S/C18H23N3O4/c1-12-8-13(2)21(20-12)11-17(22)19-10-15(18(23)24)9-14-6-4-5-7-16(14)25-3/h4-8,15H,9-11H2,1-3H3,(H,19,22)(H,23,24). The second-order valence-corrected chi connectivity index (χ2v) is 5.94. The Morgan fingerprint density at radius 3 is 2.64 bits per heavy atom. The number of hydrogen-bond acceptors (Lipinski definition) is 4. The van der Waals surface area contributed by atoms with Crippen molar-refractivity contribution >= 4 is 11.9 Å². The number of aromatic nitrogens is 2. The highest BCUT2D eigenvalue weighted by molar-refractivity contribution is 5.77. The Morgan fingerprint density at radius 2 is 2.04 bits per heavy atom. The maximum Gasteiger partial charge on any atom is 0.308 e. The van der Waals surface area contributed by atoms with E-state index in [0.29, 0.717) is 5.75 Å². The Morgan fingerprint density at radius 1 is 1.32 bits per heavy atom. The number of para-hydroxylation sites is 1. The van der Waals surface area contributed by atoms with Crippen LogP contribution >= 0.6 is 0 Å². The first-order valence-electron chi connectivity index (χ1n) is 8.03. The number of methoxy groups -OCH3 is 1. The Kier molecular flexibility index (Phi) is 6.16. The fourth-order valence-corrected chi connectivity index (χ4v) is 2.65. The molecular formula is C18H23N3O4. The summed E-state index contributed by atoms with van der Waals surface area (Å²) < 4.78 is 6.85. The molecule has 2 rings (SSSR count). The van der Waals surface area contributed by atoms with Crippen molar-refractivity contribution in [1.29, 1.82) is 0 Å². The Bertz CT molecular complexity index is 755. The van der Waals surface area contributed by atoms with E-state index in [9.17, 15) is 14.7 Å². The molecule has 1 amide bonds. The van der Waals surface area contributed by atoms with Gasteiger partial charge in [-0.3, -0.25) is 14.3 Å². The van der Waals surface area contributed by atoms with E-state index in [2.05, 4.69) is 10.4 Å². The van der Waals surface area contributed by atoms with E-state index in [1.54, 1.807) is 17.9 Å². The van der Waals surface area contributed by atoms with E-state index >= 15 is 0 Å². The highest BCUT2D eigenvalue weighted by atomic mass is 16.5. The molecule has 7 nitrogen and oxygen atoms in total. The highest BCUT2D eigenvalue weighted by Gasteiger charge is 2.21. The summed E-state index contributed by atoms with van der Waals surface area (Å²) in [4.78, 5) is 23.6. The lowest BCUT2D eigenvalue weighted by atomic mass is 9.98. The number of aryl methyl sites for hydroxylation is 2. The van der Waals surface area contributed by atoms with Gasteiger partial charge < -0.3 is 15.2 Å². The molecule has 1 aromatic carbocycles. The quantitative estimate of drug-likeness (QED) is 0.757. The van der Waals surface area contributed by atoms with Gasteiger partial charge in [-0.05, 0) is 38.0 Å². The largest absolute Gasteiger partial charge is 0.496 e. The van der Waals surface area contributed by atoms with E-state index in [4.69, 9.17) is 4.74 Å². The first kappa shape index (κ1) is 18.5. The monoisotopic (exact) mass is 345 g/mol. The van der Waals surface area contributed by atoms with Crippen molar-refractivity contribution in [2.24, 2.45) is 5.92 Å². The summed E-state index contributed by atoms with van der Waals surface area (Å²) >= 11 is 0. The molecule has 0 aliphatic carbocycles. The molecule has 0 spiro atoms. The number of aliphatic carboxylic acids is 1. The maximum absolute atomic E-state index is 12.1. The van der Waals surface area contributed by atoms with Gasteiger partial charge in [-0.15, -0.1) is 0 Å². The molecular weight excluding hydrogens is 322 g/mol. The third kappa shape index (κ3) is 5.07. The van der Waals surface area contributed by atoms with Crippen LogP contribution in [0.15, 0.2) is 30.3 Å². The van der Waals surface area contributed by atoms with Crippen LogP contribution in [0.1, 0.15) is 17.0 Å². The molecule has 7 heteroatoms. The van der Waals surface area contributed by atoms with Crippen molar-refractivity contribution < 1.29 is 19.4 Å².